The number of nitrogens with zero attached hydrogens (tertiary/aromatic N) is 8. The van der Waals surface area contributed by atoms with E-state index in [9.17, 15) is 9.59 Å². The zero-order valence-corrected chi connectivity index (χ0v) is 40.5. The van der Waals surface area contributed by atoms with E-state index in [2.05, 4.69) is 130 Å². The van der Waals surface area contributed by atoms with E-state index >= 15 is 0 Å². The second-order valence-electron chi connectivity index (χ2n) is 19.9. The molecule has 0 saturated carbocycles. The molecule has 0 spiro atoms. The van der Waals surface area contributed by atoms with E-state index in [1.165, 1.54) is 0 Å². The smallest absolute Gasteiger partial charge is 0.349 e. The van der Waals surface area contributed by atoms with Gasteiger partial charge in [-0.05, 0) is 120 Å². The van der Waals surface area contributed by atoms with E-state index < -0.39 is 11.9 Å². The van der Waals surface area contributed by atoms with Gasteiger partial charge in [0.2, 0.25) is 11.9 Å². The monoisotopic (exact) mass is 895 g/mol. The van der Waals surface area contributed by atoms with Gasteiger partial charge >= 0.3 is 24.0 Å². The van der Waals surface area contributed by atoms with Gasteiger partial charge in [-0.1, -0.05) is 52.4 Å². The number of esters is 2. The third-order valence-electron chi connectivity index (χ3n) is 10.8. The number of piperidine rings is 2. The summed E-state index contributed by atoms with van der Waals surface area (Å²) in [6.45, 7) is 23.2. The van der Waals surface area contributed by atoms with E-state index in [0.717, 1.165) is 115 Å². The van der Waals surface area contributed by atoms with Crippen molar-refractivity contribution in [1.29, 1.82) is 0 Å². The fraction of sp³-hybridized carbons (Fsp3) is 0.783. The van der Waals surface area contributed by atoms with Crippen molar-refractivity contribution >= 4 is 48.2 Å². The van der Waals surface area contributed by atoms with Crippen molar-refractivity contribution < 1.29 is 28.5 Å². The van der Waals surface area contributed by atoms with Gasteiger partial charge in [0.1, 0.15) is 12.4 Å². The molecule has 4 rings (SSSR count). The van der Waals surface area contributed by atoms with Crippen LogP contribution in [0.4, 0.5) is 23.8 Å². The Kier molecular flexibility index (Phi) is 20.5. The van der Waals surface area contributed by atoms with Crippen LogP contribution in [0.1, 0.15) is 172 Å². The number of carbonyl (C=O) groups excluding carboxylic acids is 2. The first-order chi connectivity index (χ1) is 30.3. The Hall–Kier alpha value is -4.58. The second kappa shape index (κ2) is 25.2. The lowest BCUT2D eigenvalue weighted by Gasteiger charge is -2.46. The van der Waals surface area contributed by atoms with E-state index in [0.29, 0.717) is 38.3 Å². The maximum absolute atomic E-state index is 12.4. The standard InChI is InChI=1S/C46H78N12O6/c1-11-13-15-19-23-61-35(59)31-47-37-51-39(49-33-27-43(3,4)57-44(5,6)28-33)55-41(53-37)63-25-21-17-18-22-26-64-42-54-38(48-32-36(60)62-24-20-16-14-12-2)52-40(56-42)50-34-29-45(7,8)58-46(9,10)30-34/h31-34,57-58H,11-30H2,1-10H3,(H,49,51,53,55)(H,50,52,54,56)/b47-31-,48-32-. The largest absolute Gasteiger partial charge is 0.463 e. The van der Waals surface area contributed by atoms with Crippen LogP contribution in [0.2, 0.25) is 0 Å². The molecule has 0 atom stereocenters. The second-order valence-corrected chi connectivity index (χ2v) is 19.9. The number of unbranched alkanes of at least 4 members (excludes halogenated alkanes) is 9. The van der Waals surface area contributed by atoms with Crippen LogP contribution in [0.3, 0.4) is 0 Å². The lowest BCUT2D eigenvalue weighted by Crippen LogP contribution is -2.60. The van der Waals surface area contributed by atoms with Gasteiger partial charge in [-0.25, -0.2) is 19.6 Å². The SMILES string of the molecule is CCCCCCOC(=O)/C=N\c1nc(NC2CC(C)(C)NC(C)(C)C2)nc(OCCCCCCOc2nc(/N=C\C(=O)OCCCCCC)nc(NC3CC(C)(C)NC(C)(C)C3)n2)n1. The molecular weight excluding hydrogens is 817 g/mol. The van der Waals surface area contributed by atoms with Crippen molar-refractivity contribution in [1.82, 2.24) is 40.5 Å². The van der Waals surface area contributed by atoms with Crippen molar-refractivity contribution in [2.75, 3.05) is 37.1 Å². The van der Waals surface area contributed by atoms with E-state index in [4.69, 9.17) is 18.9 Å². The summed E-state index contributed by atoms with van der Waals surface area (Å²) >= 11 is 0. The lowest BCUT2D eigenvalue weighted by molar-refractivity contribution is -0.136. The van der Waals surface area contributed by atoms with E-state index in [-0.39, 0.29) is 58.2 Å². The van der Waals surface area contributed by atoms with E-state index in [1.807, 2.05) is 0 Å². The molecule has 2 fully saturated rings. The Morgan fingerprint density at radius 3 is 1.23 bits per heavy atom. The summed E-state index contributed by atoms with van der Waals surface area (Å²) in [6, 6.07) is 0.443. The summed E-state index contributed by atoms with van der Waals surface area (Å²) in [7, 11) is 0. The van der Waals surface area contributed by atoms with Gasteiger partial charge in [0, 0.05) is 34.2 Å². The predicted molar refractivity (Wildman–Crippen MR) is 251 cm³/mol. The summed E-state index contributed by atoms with van der Waals surface area (Å²) in [4.78, 5) is 60.1. The molecule has 18 heteroatoms. The van der Waals surface area contributed by atoms with Crippen molar-refractivity contribution in [2.45, 2.75) is 206 Å². The molecule has 2 aliphatic heterocycles. The first-order valence-corrected chi connectivity index (χ1v) is 23.6. The van der Waals surface area contributed by atoms with Crippen molar-refractivity contribution in [3.8, 4) is 12.0 Å². The number of hydrogen-bond acceptors (Lipinski definition) is 18. The Bertz CT molecular complexity index is 1660. The molecule has 0 aromatic carbocycles. The van der Waals surface area contributed by atoms with Gasteiger partial charge in [0.25, 0.3) is 11.9 Å². The number of aromatic nitrogens is 6. The molecule has 0 unspecified atom stereocenters. The first kappa shape index (κ1) is 52.0. The highest BCUT2D eigenvalue weighted by molar-refractivity contribution is 6.24. The minimum atomic E-state index is -0.544. The van der Waals surface area contributed by atoms with Gasteiger partial charge in [0.05, 0.1) is 26.4 Å². The molecule has 0 radical (unpaired) electrons. The topological polar surface area (TPSA) is 221 Å². The van der Waals surface area contributed by atoms with Gasteiger partial charge in [-0.15, -0.1) is 0 Å². The molecule has 358 valence electrons. The molecule has 2 aromatic heterocycles. The van der Waals surface area contributed by atoms with Crippen LogP contribution in [0, 0.1) is 0 Å². The van der Waals surface area contributed by atoms with Gasteiger partial charge in [-0.3, -0.25) is 0 Å². The van der Waals surface area contributed by atoms with Crippen LogP contribution in [-0.2, 0) is 19.1 Å². The molecule has 2 aliphatic rings. The van der Waals surface area contributed by atoms with Crippen LogP contribution < -0.4 is 30.7 Å². The normalized spacial score (nSPS) is 18.2. The summed E-state index contributed by atoms with van der Waals surface area (Å²) in [5.41, 5.74) is -0.358. The molecule has 0 bridgehead atoms. The summed E-state index contributed by atoms with van der Waals surface area (Å²) in [6.07, 6.45) is 16.9. The summed E-state index contributed by atoms with van der Waals surface area (Å²) in [5.74, 6) is -0.285. The Morgan fingerprint density at radius 1 is 0.531 bits per heavy atom. The number of ether oxygens (including phenoxy) is 4. The Balaban J connectivity index is 1.32. The average molecular weight is 895 g/mol. The number of aliphatic imine (C=N–C) groups is 2. The summed E-state index contributed by atoms with van der Waals surface area (Å²) in [5, 5.41) is 14.3. The molecule has 4 N–H and O–H groups in total. The number of hydrogen-bond donors (Lipinski definition) is 4. The fourth-order valence-corrected chi connectivity index (χ4v) is 8.86. The van der Waals surface area contributed by atoms with Crippen molar-refractivity contribution in [2.24, 2.45) is 9.98 Å². The zero-order valence-electron chi connectivity index (χ0n) is 40.5. The van der Waals surface area contributed by atoms with Crippen LogP contribution in [0.25, 0.3) is 0 Å². The maximum Gasteiger partial charge on any atom is 0.349 e. The molecule has 0 aliphatic carbocycles. The van der Waals surface area contributed by atoms with Crippen LogP contribution in [0.5, 0.6) is 12.0 Å². The average Bonchev–Trinajstić information content (AvgIpc) is 3.17. The van der Waals surface area contributed by atoms with Gasteiger partial charge in [0.15, 0.2) is 0 Å². The third kappa shape index (κ3) is 20.5. The Labute approximate surface area is 381 Å². The molecule has 0 amide bonds. The van der Waals surface area contributed by atoms with Crippen molar-refractivity contribution in [3.63, 3.8) is 0 Å². The quantitative estimate of drug-likeness (QED) is 0.0377. The third-order valence-corrected chi connectivity index (χ3v) is 10.8. The molecule has 4 heterocycles. The van der Waals surface area contributed by atoms with Crippen LogP contribution in [0.15, 0.2) is 9.98 Å². The van der Waals surface area contributed by atoms with Crippen molar-refractivity contribution in [3.05, 3.63) is 0 Å². The lowest BCUT2D eigenvalue weighted by atomic mass is 9.79. The number of rotatable bonds is 27. The highest BCUT2D eigenvalue weighted by atomic mass is 16.5. The van der Waals surface area contributed by atoms with Crippen LogP contribution >= 0.6 is 0 Å². The van der Waals surface area contributed by atoms with E-state index in [1.54, 1.807) is 0 Å². The van der Waals surface area contributed by atoms with Gasteiger partial charge < -0.3 is 40.2 Å². The highest BCUT2D eigenvalue weighted by Crippen LogP contribution is 2.32. The maximum atomic E-state index is 12.4. The molecule has 64 heavy (non-hydrogen) atoms. The first-order valence-electron chi connectivity index (χ1n) is 23.6. The number of carbonyl (C=O) groups is 2. The highest BCUT2D eigenvalue weighted by Gasteiger charge is 2.39. The fourth-order valence-electron chi connectivity index (χ4n) is 8.86. The zero-order chi connectivity index (χ0) is 46.6. The number of anilines is 2. The minimum Gasteiger partial charge on any atom is -0.463 e. The van der Waals surface area contributed by atoms with Gasteiger partial charge in [-0.2, -0.15) is 29.9 Å². The Morgan fingerprint density at radius 2 is 0.875 bits per heavy atom. The molecule has 2 aromatic rings. The number of nitrogens with one attached hydrogen (secondary N) is 4. The molecule has 18 nitrogen and oxygen atoms in total. The summed E-state index contributed by atoms with van der Waals surface area (Å²) < 4.78 is 22.7. The molecule has 2 saturated heterocycles. The predicted octanol–water partition coefficient (Wildman–Crippen LogP) is 8.17. The molecular formula is C46H78N12O6. The van der Waals surface area contributed by atoms with Crippen LogP contribution in [-0.4, -0.2) is 115 Å². The minimum absolute atomic E-state index is 0.0618.